The van der Waals surface area contributed by atoms with Crippen LogP contribution in [-0.4, -0.2) is 28.9 Å². The average Bonchev–Trinajstić information content (AvgIpc) is 2.16. The first kappa shape index (κ1) is 10.2. The van der Waals surface area contributed by atoms with Gasteiger partial charge in [0.25, 0.3) is 0 Å². The average molecular weight is 193 g/mol. The van der Waals surface area contributed by atoms with Gasteiger partial charge in [-0.2, -0.15) is 0 Å². The molecule has 4 nitrogen and oxygen atoms in total. The number of aromatic hydroxyl groups is 1. The summed E-state index contributed by atoms with van der Waals surface area (Å²) in [5.41, 5.74) is 0.316. The molecule has 0 radical (unpaired) electrons. The lowest BCUT2D eigenvalue weighted by molar-refractivity contribution is 0.0693. The van der Waals surface area contributed by atoms with Crippen LogP contribution < -0.4 is 0 Å². The Morgan fingerprint density at radius 2 is 2.29 bits per heavy atom. The third-order valence-corrected chi connectivity index (χ3v) is 1.71. The Labute approximate surface area is 81.5 Å². The van der Waals surface area contributed by atoms with Gasteiger partial charge in [0.1, 0.15) is 11.3 Å². The standard InChI is InChI=1S/C10H11NO3/c1-2-11-6-7-4-3-5-8(9(7)12)10(13)14/h3-6,12H,2H2,1H3,(H,13,14). The fourth-order valence-electron chi connectivity index (χ4n) is 1.03. The molecule has 0 unspecified atom stereocenters. The highest BCUT2D eigenvalue weighted by molar-refractivity contribution is 5.95. The SMILES string of the molecule is CCN=Cc1cccc(C(=O)O)c1O. The lowest BCUT2D eigenvalue weighted by atomic mass is 10.1. The molecule has 0 aliphatic heterocycles. The van der Waals surface area contributed by atoms with Gasteiger partial charge >= 0.3 is 5.97 Å². The molecular formula is C10H11NO3. The highest BCUT2D eigenvalue weighted by atomic mass is 16.4. The van der Waals surface area contributed by atoms with Gasteiger partial charge in [0.05, 0.1) is 0 Å². The molecule has 2 N–H and O–H groups in total. The number of carboxylic acids is 1. The minimum absolute atomic E-state index is 0.106. The molecule has 1 aromatic rings. The monoisotopic (exact) mass is 193 g/mol. The molecular weight excluding hydrogens is 182 g/mol. The summed E-state index contributed by atoms with van der Waals surface area (Å²) in [4.78, 5) is 14.6. The third kappa shape index (κ3) is 2.10. The molecule has 1 aromatic carbocycles. The van der Waals surface area contributed by atoms with Gasteiger partial charge in [-0.1, -0.05) is 6.07 Å². The Bertz CT molecular complexity index is 372. The molecule has 0 heterocycles. The highest BCUT2D eigenvalue weighted by Crippen LogP contribution is 2.20. The summed E-state index contributed by atoms with van der Waals surface area (Å²) in [7, 11) is 0. The van der Waals surface area contributed by atoms with E-state index >= 15 is 0 Å². The van der Waals surface area contributed by atoms with Crippen LogP contribution in [0, 0.1) is 0 Å². The summed E-state index contributed by atoms with van der Waals surface area (Å²) in [6.07, 6.45) is 1.46. The van der Waals surface area contributed by atoms with Gasteiger partial charge in [-0.05, 0) is 19.1 Å². The molecule has 0 aromatic heterocycles. The summed E-state index contributed by atoms with van der Waals surface area (Å²) in [6.45, 7) is 2.45. The molecule has 0 aliphatic rings. The van der Waals surface area contributed by atoms with Crippen molar-refractivity contribution >= 4 is 12.2 Å². The summed E-state index contributed by atoms with van der Waals surface area (Å²) in [6, 6.07) is 4.53. The minimum Gasteiger partial charge on any atom is -0.506 e. The number of para-hydroxylation sites is 1. The molecule has 0 fully saturated rings. The number of aliphatic imine (C=N–C) groups is 1. The predicted molar refractivity (Wildman–Crippen MR) is 53.2 cm³/mol. The number of benzene rings is 1. The molecule has 0 spiro atoms. The van der Waals surface area contributed by atoms with Crippen LogP contribution in [-0.2, 0) is 0 Å². The fraction of sp³-hybridized carbons (Fsp3) is 0.200. The second-order valence-corrected chi connectivity index (χ2v) is 2.68. The van der Waals surface area contributed by atoms with E-state index in [1.165, 1.54) is 12.3 Å². The summed E-state index contributed by atoms with van der Waals surface area (Å²) >= 11 is 0. The van der Waals surface area contributed by atoms with E-state index in [1.807, 2.05) is 6.92 Å². The number of aromatic carboxylic acids is 1. The van der Waals surface area contributed by atoms with Gasteiger partial charge in [0.15, 0.2) is 0 Å². The molecule has 0 saturated heterocycles. The number of hydrogen-bond donors (Lipinski definition) is 2. The van der Waals surface area contributed by atoms with Crippen LogP contribution in [0.4, 0.5) is 0 Å². The van der Waals surface area contributed by atoms with Crippen LogP contribution in [0.25, 0.3) is 0 Å². The lowest BCUT2D eigenvalue weighted by Gasteiger charge is -2.01. The largest absolute Gasteiger partial charge is 0.506 e. The van der Waals surface area contributed by atoms with Gasteiger partial charge in [-0.3, -0.25) is 4.99 Å². The van der Waals surface area contributed by atoms with Crippen molar-refractivity contribution in [2.45, 2.75) is 6.92 Å². The molecule has 0 bridgehead atoms. The first-order valence-corrected chi connectivity index (χ1v) is 4.22. The lowest BCUT2D eigenvalue weighted by Crippen LogP contribution is -1.98. The van der Waals surface area contributed by atoms with Crippen LogP contribution in [0.15, 0.2) is 23.2 Å². The highest BCUT2D eigenvalue weighted by Gasteiger charge is 2.10. The third-order valence-electron chi connectivity index (χ3n) is 1.71. The van der Waals surface area contributed by atoms with Crippen LogP contribution in [0.2, 0.25) is 0 Å². The maximum atomic E-state index is 10.6. The van der Waals surface area contributed by atoms with Crippen LogP contribution >= 0.6 is 0 Å². The molecule has 0 saturated carbocycles. The second kappa shape index (κ2) is 4.41. The predicted octanol–water partition coefficient (Wildman–Crippen LogP) is 1.53. The Balaban J connectivity index is 3.14. The molecule has 0 atom stereocenters. The van der Waals surface area contributed by atoms with Crippen molar-refractivity contribution in [1.29, 1.82) is 0 Å². The van der Waals surface area contributed by atoms with Crippen LogP contribution in [0.1, 0.15) is 22.8 Å². The zero-order valence-corrected chi connectivity index (χ0v) is 7.77. The second-order valence-electron chi connectivity index (χ2n) is 2.68. The van der Waals surface area contributed by atoms with Crippen molar-refractivity contribution in [2.24, 2.45) is 4.99 Å². The molecule has 4 heteroatoms. The molecule has 0 aliphatic carbocycles. The minimum atomic E-state index is -1.14. The molecule has 1 rings (SSSR count). The number of nitrogens with zero attached hydrogens (tertiary/aromatic N) is 1. The summed E-state index contributed by atoms with van der Waals surface area (Å²) in [5, 5.41) is 18.2. The van der Waals surface area contributed by atoms with Crippen molar-refractivity contribution in [2.75, 3.05) is 6.54 Å². The zero-order valence-electron chi connectivity index (χ0n) is 7.77. The summed E-state index contributed by atoms with van der Waals surface area (Å²) in [5.74, 6) is -1.38. The molecule has 74 valence electrons. The van der Waals surface area contributed by atoms with Gasteiger partial charge in [0, 0.05) is 18.3 Å². The van der Waals surface area contributed by atoms with Crippen molar-refractivity contribution in [3.8, 4) is 5.75 Å². The van der Waals surface area contributed by atoms with Crippen molar-refractivity contribution in [3.05, 3.63) is 29.3 Å². The summed E-state index contributed by atoms with van der Waals surface area (Å²) < 4.78 is 0. The zero-order chi connectivity index (χ0) is 10.6. The maximum Gasteiger partial charge on any atom is 0.339 e. The van der Waals surface area contributed by atoms with Crippen LogP contribution in [0.3, 0.4) is 0 Å². The number of carboxylic acid groups (broad SMARTS) is 1. The van der Waals surface area contributed by atoms with E-state index in [0.29, 0.717) is 12.1 Å². The normalized spacial score (nSPS) is 10.6. The Kier molecular flexibility index (Phi) is 3.23. The fourth-order valence-corrected chi connectivity index (χ4v) is 1.03. The Hall–Kier alpha value is -1.84. The van der Waals surface area contributed by atoms with Crippen molar-refractivity contribution in [3.63, 3.8) is 0 Å². The molecule has 14 heavy (non-hydrogen) atoms. The topological polar surface area (TPSA) is 69.9 Å². The number of hydrogen-bond acceptors (Lipinski definition) is 3. The first-order valence-electron chi connectivity index (χ1n) is 4.22. The van der Waals surface area contributed by atoms with Gasteiger partial charge in [-0.25, -0.2) is 4.79 Å². The van der Waals surface area contributed by atoms with E-state index in [4.69, 9.17) is 5.11 Å². The maximum absolute atomic E-state index is 10.6. The first-order chi connectivity index (χ1) is 6.66. The van der Waals surface area contributed by atoms with E-state index in [2.05, 4.69) is 4.99 Å². The van der Waals surface area contributed by atoms with E-state index < -0.39 is 5.97 Å². The number of rotatable bonds is 3. The Morgan fingerprint density at radius 1 is 1.57 bits per heavy atom. The molecule has 0 amide bonds. The quantitative estimate of drug-likeness (QED) is 0.715. The van der Waals surface area contributed by atoms with Crippen LogP contribution in [0.5, 0.6) is 5.75 Å². The van der Waals surface area contributed by atoms with E-state index in [9.17, 15) is 9.90 Å². The van der Waals surface area contributed by atoms with Crippen molar-refractivity contribution in [1.82, 2.24) is 0 Å². The van der Waals surface area contributed by atoms with Gasteiger partial charge in [-0.15, -0.1) is 0 Å². The van der Waals surface area contributed by atoms with Gasteiger partial charge in [0.2, 0.25) is 0 Å². The van der Waals surface area contributed by atoms with E-state index in [1.54, 1.807) is 12.1 Å². The Morgan fingerprint density at radius 3 is 2.86 bits per heavy atom. The smallest absolute Gasteiger partial charge is 0.339 e. The van der Waals surface area contributed by atoms with E-state index in [-0.39, 0.29) is 11.3 Å². The number of carbonyl (C=O) groups is 1. The van der Waals surface area contributed by atoms with Gasteiger partial charge < -0.3 is 10.2 Å². The van der Waals surface area contributed by atoms with Crippen molar-refractivity contribution < 1.29 is 15.0 Å². The number of phenols is 1. The van der Waals surface area contributed by atoms with E-state index in [0.717, 1.165) is 0 Å².